The minimum atomic E-state index is 0.919. The van der Waals surface area contributed by atoms with Gasteiger partial charge in [0.15, 0.2) is 0 Å². The third kappa shape index (κ3) is 2.39. The van der Waals surface area contributed by atoms with Crippen LogP contribution < -0.4 is 0 Å². The molecule has 1 aromatic rings. The molecule has 3 heteroatoms. The number of thioether (sulfide) groups is 1. The minimum Gasteiger partial charge on any atom is -0.262 e. The summed E-state index contributed by atoms with van der Waals surface area (Å²) >= 11 is 1.75. The summed E-state index contributed by atoms with van der Waals surface area (Å²) in [5, 5.41) is 8.29. The van der Waals surface area contributed by atoms with Crippen molar-refractivity contribution in [2.75, 3.05) is 5.88 Å². The van der Waals surface area contributed by atoms with Crippen LogP contribution in [0.15, 0.2) is 41.0 Å². The van der Waals surface area contributed by atoms with E-state index in [0.717, 1.165) is 11.4 Å². The second-order valence-electron chi connectivity index (χ2n) is 3.18. The van der Waals surface area contributed by atoms with Crippen LogP contribution in [0, 0.1) is 6.92 Å². The molecule has 0 atom stereocenters. The maximum Gasteiger partial charge on any atom is 0.0904 e. The topological polar surface area (TPSA) is 15.6 Å². The van der Waals surface area contributed by atoms with Crippen LogP contribution in [-0.4, -0.2) is 17.1 Å². The Morgan fingerprint density at radius 3 is 2.79 bits per heavy atom. The highest BCUT2D eigenvalue weighted by molar-refractivity contribution is 8.02. The average Bonchev–Trinajstić information content (AvgIpc) is 2.70. The first-order valence-electron chi connectivity index (χ1n) is 4.50. The number of nitrogens with zero attached hydrogens (tertiary/aromatic N) is 2. The van der Waals surface area contributed by atoms with Gasteiger partial charge in [-0.1, -0.05) is 29.8 Å². The number of hydrogen-bond acceptors (Lipinski definition) is 3. The molecule has 1 aliphatic rings. The summed E-state index contributed by atoms with van der Waals surface area (Å²) < 4.78 is 0. The van der Waals surface area contributed by atoms with Crippen molar-refractivity contribution >= 4 is 18.0 Å². The van der Waals surface area contributed by atoms with Crippen molar-refractivity contribution in [1.29, 1.82) is 0 Å². The van der Waals surface area contributed by atoms with E-state index >= 15 is 0 Å². The van der Waals surface area contributed by atoms with Gasteiger partial charge in [-0.3, -0.25) is 5.01 Å². The van der Waals surface area contributed by atoms with Gasteiger partial charge in [0.1, 0.15) is 0 Å². The van der Waals surface area contributed by atoms with Crippen molar-refractivity contribution < 1.29 is 0 Å². The maximum atomic E-state index is 4.32. The molecule has 2 rings (SSSR count). The quantitative estimate of drug-likeness (QED) is 0.688. The number of rotatable bonds is 2. The van der Waals surface area contributed by atoms with Crippen LogP contribution in [-0.2, 0) is 0 Å². The Bertz CT molecular complexity index is 354. The van der Waals surface area contributed by atoms with Crippen LogP contribution in [0.2, 0.25) is 0 Å². The number of hydrazone groups is 1. The predicted octanol–water partition coefficient (Wildman–Crippen LogP) is 2.81. The molecule has 2 nitrogen and oxygen atoms in total. The molecular weight excluding hydrogens is 192 g/mol. The highest BCUT2D eigenvalue weighted by Gasteiger charge is 1.99. The third-order valence-electron chi connectivity index (χ3n) is 1.97. The van der Waals surface area contributed by atoms with Crippen LogP contribution in [0.4, 0.5) is 0 Å². The Balaban J connectivity index is 2.02. The minimum absolute atomic E-state index is 0.919. The first kappa shape index (κ1) is 9.34. The Morgan fingerprint density at radius 2 is 2.14 bits per heavy atom. The summed E-state index contributed by atoms with van der Waals surface area (Å²) in [6, 6.07) is 8.34. The normalized spacial score (nSPS) is 15.6. The fourth-order valence-electron chi connectivity index (χ4n) is 1.14. The van der Waals surface area contributed by atoms with Crippen LogP contribution in [0.1, 0.15) is 11.1 Å². The van der Waals surface area contributed by atoms with Gasteiger partial charge < -0.3 is 0 Å². The third-order valence-corrected chi connectivity index (χ3v) is 2.70. The Morgan fingerprint density at radius 1 is 1.36 bits per heavy atom. The summed E-state index contributed by atoms with van der Waals surface area (Å²) in [4.78, 5) is 0. The smallest absolute Gasteiger partial charge is 0.0904 e. The van der Waals surface area contributed by atoms with E-state index in [4.69, 9.17) is 0 Å². The van der Waals surface area contributed by atoms with E-state index in [1.807, 2.05) is 22.8 Å². The zero-order valence-corrected chi connectivity index (χ0v) is 8.87. The van der Waals surface area contributed by atoms with Crippen LogP contribution in [0.3, 0.4) is 0 Å². The van der Waals surface area contributed by atoms with Crippen LogP contribution in [0.25, 0.3) is 0 Å². The van der Waals surface area contributed by atoms with Crippen molar-refractivity contribution in [2.45, 2.75) is 6.92 Å². The van der Waals surface area contributed by atoms with Gasteiger partial charge >= 0.3 is 0 Å². The Kier molecular flexibility index (Phi) is 2.89. The second-order valence-corrected chi connectivity index (χ2v) is 4.04. The second kappa shape index (κ2) is 4.33. The van der Waals surface area contributed by atoms with Gasteiger partial charge in [0.2, 0.25) is 0 Å². The van der Waals surface area contributed by atoms with Crippen LogP contribution in [0.5, 0.6) is 0 Å². The molecule has 0 saturated carbocycles. The number of benzene rings is 1. The first-order chi connectivity index (χ1) is 6.84. The van der Waals surface area contributed by atoms with E-state index in [1.165, 1.54) is 5.56 Å². The van der Waals surface area contributed by atoms with Crippen molar-refractivity contribution in [2.24, 2.45) is 5.10 Å². The lowest BCUT2D eigenvalue weighted by atomic mass is 10.2. The lowest BCUT2D eigenvalue weighted by molar-refractivity contribution is 0.482. The molecule has 0 aliphatic carbocycles. The molecule has 0 fully saturated rings. The highest BCUT2D eigenvalue weighted by Crippen LogP contribution is 2.14. The zero-order chi connectivity index (χ0) is 9.80. The van der Waals surface area contributed by atoms with Crippen molar-refractivity contribution in [3.63, 3.8) is 0 Å². The van der Waals surface area contributed by atoms with Crippen molar-refractivity contribution in [3.8, 4) is 0 Å². The average molecular weight is 204 g/mol. The van der Waals surface area contributed by atoms with Gasteiger partial charge in [-0.25, -0.2) is 0 Å². The SMILES string of the molecule is Cc1ccc(C=NN2C=CSC2)cc1. The van der Waals surface area contributed by atoms with Crippen molar-refractivity contribution in [1.82, 2.24) is 5.01 Å². The fraction of sp³-hybridized carbons (Fsp3) is 0.182. The number of aryl methyl sites for hydroxylation is 1. The van der Waals surface area contributed by atoms with Gasteiger partial charge in [-0.15, -0.1) is 11.8 Å². The Hall–Kier alpha value is -1.22. The molecule has 0 bridgehead atoms. The summed E-state index contributed by atoms with van der Waals surface area (Å²) in [7, 11) is 0. The van der Waals surface area contributed by atoms with E-state index in [0.29, 0.717) is 0 Å². The van der Waals surface area contributed by atoms with Gasteiger partial charge in [0.05, 0.1) is 12.1 Å². The van der Waals surface area contributed by atoms with E-state index in [1.54, 1.807) is 11.8 Å². The molecule has 1 aliphatic heterocycles. The van der Waals surface area contributed by atoms with Crippen molar-refractivity contribution in [3.05, 3.63) is 47.0 Å². The molecule has 0 saturated heterocycles. The van der Waals surface area contributed by atoms with Gasteiger partial charge in [-0.2, -0.15) is 5.10 Å². The molecule has 0 radical (unpaired) electrons. The summed E-state index contributed by atoms with van der Waals surface area (Å²) in [6.45, 7) is 2.08. The molecule has 0 N–H and O–H groups in total. The van der Waals surface area contributed by atoms with E-state index < -0.39 is 0 Å². The van der Waals surface area contributed by atoms with Gasteiger partial charge in [-0.05, 0) is 17.9 Å². The Labute approximate surface area is 88.3 Å². The summed E-state index contributed by atoms with van der Waals surface area (Å²) in [5.74, 6) is 0.919. The van der Waals surface area contributed by atoms with E-state index in [9.17, 15) is 0 Å². The molecule has 0 aromatic heterocycles. The largest absolute Gasteiger partial charge is 0.262 e. The lowest BCUT2D eigenvalue weighted by Crippen LogP contribution is -2.04. The number of hydrogen-bond donors (Lipinski definition) is 0. The molecule has 1 aromatic carbocycles. The summed E-state index contributed by atoms with van der Waals surface area (Å²) in [6.07, 6.45) is 3.87. The monoisotopic (exact) mass is 204 g/mol. The first-order valence-corrected chi connectivity index (χ1v) is 5.55. The molecule has 1 heterocycles. The molecule has 0 amide bonds. The molecule has 14 heavy (non-hydrogen) atoms. The molecule has 0 spiro atoms. The summed E-state index contributed by atoms with van der Waals surface area (Å²) in [5.41, 5.74) is 2.42. The lowest BCUT2D eigenvalue weighted by Gasteiger charge is -2.05. The van der Waals surface area contributed by atoms with E-state index in [2.05, 4.69) is 36.3 Å². The molecule has 72 valence electrons. The zero-order valence-electron chi connectivity index (χ0n) is 8.05. The van der Waals surface area contributed by atoms with Gasteiger partial charge in [0, 0.05) is 6.20 Å². The maximum absolute atomic E-state index is 4.32. The van der Waals surface area contributed by atoms with Gasteiger partial charge in [0.25, 0.3) is 0 Å². The predicted molar refractivity (Wildman–Crippen MR) is 62.2 cm³/mol. The standard InChI is InChI=1S/C11H12N2S/c1-10-2-4-11(5-3-10)8-12-13-6-7-14-9-13/h2-8H,9H2,1H3. The fourth-order valence-corrected chi connectivity index (χ4v) is 1.76. The molecular formula is C11H12N2S. The van der Waals surface area contributed by atoms with E-state index in [-0.39, 0.29) is 0 Å². The highest BCUT2D eigenvalue weighted by atomic mass is 32.2. The molecule has 0 unspecified atom stereocenters. The van der Waals surface area contributed by atoms with Crippen LogP contribution >= 0.6 is 11.8 Å².